The quantitative estimate of drug-likeness (QED) is 0.668. The van der Waals surface area contributed by atoms with Gasteiger partial charge in [-0.05, 0) is 44.2 Å². The lowest BCUT2D eigenvalue weighted by Gasteiger charge is -2.31. The van der Waals surface area contributed by atoms with Gasteiger partial charge in [-0.1, -0.05) is 18.2 Å². The van der Waals surface area contributed by atoms with Crippen molar-refractivity contribution in [2.24, 2.45) is 0 Å². The molecule has 1 saturated heterocycles. The molecule has 1 aliphatic heterocycles. The van der Waals surface area contributed by atoms with Crippen molar-refractivity contribution in [2.45, 2.75) is 25.3 Å². The van der Waals surface area contributed by atoms with Gasteiger partial charge < -0.3 is 18.9 Å². The summed E-state index contributed by atoms with van der Waals surface area (Å²) in [5.74, 6) is 2.79. The third-order valence-electron chi connectivity index (χ3n) is 5.04. The molecule has 0 N–H and O–H groups in total. The minimum Gasteiger partial charge on any atom is -0.337 e. The van der Waals surface area contributed by atoms with Crippen molar-refractivity contribution < 1.29 is 4.52 Å². The lowest BCUT2D eigenvalue weighted by Crippen LogP contribution is -2.36. The van der Waals surface area contributed by atoms with E-state index in [4.69, 9.17) is 4.52 Å². The van der Waals surface area contributed by atoms with E-state index in [9.17, 15) is 0 Å². The van der Waals surface area contributed by atoms with Crippen molar-refractivity contribution >= 4 is 5.95 Å². The molecular formula is C20H26N6O. The van der Waals surface area contributed by atoms with E-state index >= 15 is 0 Å². The molecule has 2 aromatic heterocycles. The fourth-order valence-corrected chi connectivity index (χ4v) is 3.59. The van der Waals surface area contributed by atoms with Crippen LogP contribution in [0.4, 0.5) is 5.95 Å². The number of piperidine rings is 1. The molecule has 142 valence electrons. The summed E-state index contributed by atoms with van der Waals surface area (Å²) in [4.78, 5) is 13.7. The molecule has 1 aliphatic rings. The Kier molecular flexibility index (Phi) is 5.20. The topological polar surface area (TPSA) is 63.2 Å². The molecule has 0 radical (unpaired) electrons. The van der Waals surface area contributed by atoms with Crippen LogP contribution >= 0.6 is 0 Å². The fraction of sp³-hybridized carbons (Fsp3) is 0.450. The predicted molar refractivity (Wildman–Crippen MR) is 105 cm³/mol. The summed E-state index contributed by atoms with van der Waals surface area (Å²) >= 11 is 0. The molecule has 0 spiro atoms. The summed E-state index contributed by atoms with van der Waals surface area (Å²) < 4.78 is 7.77. The smallest absolute Gasteiger partial charge is 0.266 e. The first-order valence-electron chi connectivity index (χ1n) is 9.50. The van der Waals surface area contributed by atoms with Crippen molar-refractivity contribution in [3.63, 3.8) is 0 Å². The molecule has 27 heavy (non-hydrogen) atoms. The zero-order valence-corrected chi connectivity index (χ0v) is 16.0. The lowest BCUT2D eigenvalue weighted by atomic mass is 9.97. The third kappa shape index (κ3) is 4.03. The van der Waals surface area contributed by atoms with Crippen LogP contribution in [0, 0.1) is 0 Å². The van der Waals surface area contributed by atoms with Gasteiger partial charge in [0.05, 0.1) is 0 Å². The van der Waals surface area contributed by atoms with Crippen LogP contribution < -0.4 is 4.90 Å². The Morgan fingerprint density at radius 2 is 2.07 bits per heavy atom. The summed E-state index contributed by atoms with van der Waals surface area (Å²) in [6, 6.07) is 9.90. The normalized spacial score (nSPS) is 17.6. The highest BCUT2D eigenvalue weighted by molar-refractivity contribution is 5.54. The Labute approximate surface area is 159 Å². The summed E-state index contributed by atoms with van der Waals surface area (Å²) in [7, 11) is 4.19. The van der Waals surface area contributed by atoms with E-state index in [2.05, 4.69) is 49.8 Å². The van der Waals surface area contributed by atoms with Crippen LogP contribution in [-0.4, -0.2) is 58.3 Å². The van der Waals surface area contributed by atoms with Gasteiger partial charge in [-0.2, -0.15) is 4.98 Å². The Balaban J connectivity index is 1.48. The highest BCUT2D eigenvalue weighted by atomic mass is 16.5. The van der Waals surface area contributed by atoms with E-state index in [1.54, 1.807) is 0 Å². The van der Waals surface area contributed by atoms with Crippen LogP contribution in [0.5, 0.6) is 0 Å². The molecule has 1 fully saturated rings. The van der Waals surface area contributed by atoms with Crippen LogP contribution in [0.15, 0.2) is 47.2 Å². The SMILES string of the molecule is CN(C)CCn1ccnc1[C@H]1CCCN(c2noc(-c3ccccc3)n2)C1. The summed E-state index contributed by atoms with van der Waals surface area (Å²) in [5, 5.41) is 4.22. The predicted octanol–water partition coefficient (Wildman–Crippen LogP) is 2.88. The summed E-state index contributed by atoms with van der Waals surface area (Å²) in [6.07, 6.45) is 6.23. The second-order valence-electron chi connectivity index (χ2n) is 7.33. The first kappa shape index (κ1) is 17.7. The van der Waals surface area contributed by atoms with Crippen molar-refractivity contribution in [3.8, 4) is 11.5 Å². The van der Waals surface area contributed by atoms with Crippen LogP contribution in [0.25, 0.3) is 11.5 Å². The zero-order chi connectivity index (χ0) is 18.6. The monoisotopic (exact) mass is 366 g/mol. The van der Waals surface area contributed by atoms with E-state index in [1.807, 2.05) is 36.5 Å². The zero-order valence-electron chi connectivity index (χ0n) is 16.0. The minimum absolute atomic E-state index is 0.384. The van der Waals surface area contributed by atoms with Crippen molar-refractivity contribution in [1.82, 2.24) is 24.6 Å². The second kappa shape index (κ2) is 7.92. The second-order valence-corrected chi connectivity index (χ2v) is 7.33. The largest absolute Gasteiger partial charge is 0.337 e. The molecule has 1 aromatic carbocycles. The van der Waals surface area contributed by atoms with Gasteiger partial charge in [0, 0.05) is 50.1 Å². The van der Waals surface area contributed by atoms with E-state index < -0.39 is 0 Å². The van der Waals surface area contributed by atoms with Crippen molar-refractivity contribution in [3.05, 3.63) is 48.5 Å². The lowest BCUT2D eigenvalue weighted by molar-refractivity contribution is 0.372. The maximum absolute atomic E-state index is 5.49. The van der Waals surface area contributed by atoms with Crippen molar-refractivity contribution in [1.29, 1.82) is 0 Å². The third-order valence-corrected chi connectivity index (χ3v) is 5.04. The molecule has 3 aromatic rings. The van der Waals surface area contributed by atoms with Crippen LogP contribution in [-0.2, 0) is 6.54 Å². The molecule has 7 nitrogen and oxygen atoms in total. The number of aromatic nitrogens is 4. The Morgan fingerprint density at radius 3 is 2.89 bits per heavy atom. The highest BCUT2D eigenvalue weighted by Crippen LogP contribution is 2.29. The summed E-state index contributed by atoms with van der Waals surface area (Å²) in [5.41, 5.74) is 0.948. The van der Waals surface area contributed by atoms with E-state index in [0.717, 1.165) is 50.4 Å². The number of rotatable bonds is 6. The van der Waals surface area contributed by atoms with Gasteiger partial charge in [-0.15, -0.1) is 0 Å². The Hall–Kier alpha value is -2.67. The molecule has 0 aliphatic carbocycles. The van der Waals surface area contributed by atoms with Crippen LogP contribution in [0.2, 0.25) is 0 Å². The summed E-state index contributed by atoms with van der Waals surface area (Å²) in [6.45, 7) is 3.78. The van der Waals surface area contributed by atoms with E-state index in [1.165, 1.54) is 0 Å². The molecule has 0 bridgehead atoms. The number of imidazole rings is 1. The standard InChI is InChI=1S/C20H26N6O/c1-24(2)13-14-25-12-10-21-18(25)17-9-6-11-26(15-17)20-22-19(27-23-20)16-7-4-3-5-8-16/h3-5,7-8,10,12,17H,6,9,11,13-15H2,1-2H3/t17-/m0/s1. The molecule has 4 rings (SSSR count). The average molecular weight is 366 g/mol. The van der Waals surface area contributed by atoms with Gasteiger partial charge in [-0.25, -0.2) is 4.98 Å². The maximum Gasteiger partial charge on any atom is 0.266 e. The fourth-order valence-electron chi connectivity index (χ4n) is 3.59. The number of hydrogen-bond donors (Lipinski definition) is 0. The number of benzene rings is 1. The van der Waals surface area contributed by atoms with E-state index in [-0.39, 0.29) is 0 Å². The van der Waals surface area contributed by atoms with Gasteiger partial charge in [0.25, 0.3) is 11.8 Å². The first-order valence-corrected chi connectivity index (χ1v) is 9.50. The van der Waals surface area contributed by atoms with Gasteiger partial charge in [0.15, 0.2) is 0 Å². The van der Waals surface area contributed by atoms with Gasteiger partial charge in [0.1, 0.15) is 5.82 Å². The van der Waals surface area contributed by atoms with Crippen LogP contribution in [0.3, 0.4) is 0 Å². The highest BCUT2D eigenvalue weighted by Gasteiger charge is 2.27. The Morgan fingerprint density at radius 1 is 1.22 bits per heavy atom. The number of anilines is 1. The first-order chi connectivity index (χ1) is 13.2. The maximum atomic E-state index is 5.49. The number of nitrogens with zero attached hydrogens (tertiary/aromatic N) is 6. The molecular weight excluding hydrogens is 340 g/mol. The molecule has 1 atom stereocenters. The molecule has 0 amide bonds. The number of hydrogen-bond acceptors (Lipinski definition) is 6. The molecule has 3 heterocycles. The van der Waals surface area contributed by atoms with Crippen LogP contribution in [0.1, 0.15) is 24.6 Å². The van der Waals surface area contributed by atoms with E-state index in [0.29, 0.717) is 17.8 Å². The van der Waals surface area contributed by atoms with Crippen molar-refractivity contribution in [2.75, 3.05) is 38.6 Å². The number of likely N-dealkylation sites (N-methyl/N-ethyl adjacent to an activating group) is 1. The minimum atomic E-state index is 0.384. The van der Waals surface area contributed by atoms with Gasteiger partial charge in [0.2, 0.25) is 0 Å². The molecule has 0 saturated carbocycles. The van der Waals surface area contributed by atoms with Gasteiger partial charge >= 0.3 is 0 Å². The molecule has 7 heteroatoms. The van der Waals surface area contributed by atoms with Gasteiger partial charge in [-0.3, -0.25) is 0 Å². The average Bonchev–Trinajstić information content (AvgIpc) is 3.37. The molecule has 0 unspecified atom stereocenters. The Bertz CT molecular complexity index is 856.